The molecular formula is C12H15BrO6. The number of rotatable bonds is 5. The van der Waals surface area contributed by atoms with Crippen molar-refractivity contribution in [2.75, 3.05) is 20.8 Å². The van der Waals surface area contributed by atoms with Crippen LogP contribution in [0.5, 0.6) is 17.2 Å². The van der Waals surface area contributed by atoms with Gasteiger partial charge in [-0.25, -0.2) is 4.79 Å². The van der Waals surface area contributed by atoms with Gasteiger partial charge in [0.05, 0.1) is 26.4 Å². The average Bonchev–Trinajstić information content (AvgIpc) is 2.38. The Morgan fingerprint density at radius 2 is 2.05 bits per heavy atom. The van der Waals surface area contributed by atoms with Crippen LogP contribution in [0.3, 0.4) is 0 Å². The Balaban J connectivity index is 3.32. The number of hydrogen-bond acceptors (Lipinski definition) is 6. The molecule has 0 aliphatic heterocycles. The topological polar surface area (TPSA) is 85.2 Å². The van der Waals surface area contributed by atoms with E-state index in [-0.39, 0.29) is 29.4 Å². The van der Waals surface area contributed by atoms with Gasteiger partial charge in [0.15, 0.2) is 17.6 Å². The highest BCUT2D eigenvalue weighted by Gasteiger charge is 2.28. The van der Waals surface area contributed by atoms with Gasteiger partial charge in [0, 0.05) is 4.47 Å². The molecule has 0 saturated carbocycles. The van der Waals surface area contributed by atoms with Crippen LogP contribution in [-0.4, -0.2) is 37.0 Å². The second-order valence-electron chi connectivity index (χ2n) is 3.51. The zero-order chi connectivity index (χ0) is 14.6. The molecule has 0 saturated heterocycles. The summed E-state index contributed by atoms with van der Waals surface area (Å²) in [6.45, 7) is 1.75. The number of ether oxygens (including phenoxy) is 3. The zero-order valence-electron chi connectivity index (χ0n) is 10.8. The second kappa shape index (κ2) is 6.63. The van der Waals surface area contributed by atoms with Gasteiger partial charge < -0.3 is 24.4 Å². The molecule has 6 nitrogen and oxygen atoms in total. The minimum Gasteiger partial charge on any atom is -0.504 e. The quantitative estimate of drug-likeness (QED) is 0.798. The maximum atomic E-state index is 11.5. The summed E-state index contributed by atoms with van der Waals surface area (Å²) in [5.41, 5.74) is -0.0314. The van der Waals surface area contributed by atoms with E-state index in [4.69, 9.17) is 14.2 Å². The highest BCUT2D eigenvalue weighted by atomic mass is 79.9. The van der Waals surface area contributed by atoms with Gasteiger partial charge in [-0.05, 0) is 13.0 Å². The van der Waals surface area contributed by atoms with Crippen LogP contribution in [0.2, 0.25) is 0 Å². The predicted molar refractivity (Wildman–Crippen MR) is 70.5 cm³/mol. The van der Waals surface area contributed by atoms with Crippen LogP contribution in [0, 0.1) is 0 Å². The first-order valence-corrected chi connectivity index (χ1v) is 6.25. The number of aromatic hydroxyl groups is 1. The first-order chi connectivity index (χ1) is 8.97. The fourth-order valence-corrected chi connectivity index (χ4v) is 2.17. The van der Waals surface area contributed by atoms with E-state index in [2.05, 4.69) is 15.9 Å². The van der Waals surface area contributed by atoms with Crippen LogP contribution in [0.1, 0.15) is 18.6 Å². The number of phenols is 1. The number of aliphatic hydroxyl groups is 1. The van der Waals surface area contributed by atoms with Gasteiger partial charge in [0.1, 0.15) is 0 Å². The Kier molecular flexibility index (Phi) is 5.44. The smallest absolute Gasteiger partial charge is 0.339 e. The standard InChI is InChI=1S/C12H15BrO6/c1-4-19-12(16)10(15)8-6(13)5-7(17-2)11(18-3)9(8)14/h5,10,14-15H,4H2,1-3H3. The minimum atomic E-state index is -1.62. The molecule has 7 heteroatoms. The van der Waals surface area contributed by atoms with Crippen molar-refractivity contribution in [2.24, 2.45) is 0 Å². The number of phenolic OH excluding ortho intramolecular Hbond substituents is 1. The molecule has 0 fully saturated rings. The maximum Gasteiger partial charge on any atom is 0.339 e. The summed E-state index contributed by atoms with van der Waals surface area (Å²) in [6, 6.07) is 1.48. The van der Waals surface area contributed by atoms with Crippen LogP contribution in [0.4, 0.5) is 0 Å². The molecule has 0 radical (unpaired) electrons. The molecule has 0 aliphatic rings. The summed E-state index contributed by atoms with van der Waals surface area (Å²) in [5, 5.41) is 20.0. The van der Waals surface area contributed by atoms with Crippen molar-refractivity contribution in [1.29, 1.82) is 0 Å². The molecule has 1 aromatic rings. The van der Waals surface area contributed by atoms with E-state index in [0.717, 1.165) is 0 Å². The maximum absolute atomic E-state index is 11.5. The molecule has 0 aromatic heterocycles. The Hall–Kier alpha value is -1.47. The van der Waals surface area contributed by atoms with E-state index >= 15 is 0 Å². The average molecular weight is 335 g/mol. The van der Waals surface area contributed by atoms with Crippen LogP contribution in [0.25, 0.3) is 0 Å². The molecule has 106 valence electrons. The number of benzene rings is 1. The number of carbonyl (C=O) groups excluding carboxylic acids is 1. The molecule has 0 bridgehead atoms. The SMILES string of the molecule is CCOC(=O)C(O)c1c(Br)cc(OC)c(OC)c1O. The molecule has 0 heterocycles. The molecule has 0 aliphatic carbocycles. The molecule has 1 aromatic carbocycles. The third kappa shape index (κ3) is 3.10. The Labute approximate surface area is 119 Å². The van der Waals surface area contributed by atoms with E-state index in [1.165, 1.54) is 20.3 Å². The Morgan fingerprint density at radius 3 is 2.53 bits per heavy atom. The van der Waals surface area contributed by atoms with E-state index in [1.54, 1.807) is 6.92 Å². The molecule has 1 atom stereocenters. The summed E-state index contributed by atoms with van der Waals surface area (Å²) >= 11 is 3.16. The van der Waals surface area contributed by atoms with E-state index in [1.807, 2.05) is 0 Å². The first kappa shape index (κ1) is 15.6. The number of methoxy groups -OCH3 is 2. The molecule has 19 heavy (non-hydrogen) atoms. The lowest BCUT2D eigenvalue weighted by Crippen LogP contribution is -2.16. The van der Waals surface area contributed by atoms with Crippen LogP contribution >= 0.6 is 15.9 Å². The van der Waals surface area contributed by atoms with Crippen molar-refractivity contribution in [3.05, 3.63) is 16.1 Å². The molecule has 0 spiro atoms. The third-order valence-corrected chi connectivity index (χ3v) is 3.07. The van der Waals surface area contributed by atoms with Gasteiger partial charge in [0.25, 0.3) is 0 Å². The largest absolute Gasteiger partial charge is 0.504 e. The molecule has 2 N–H and O–H groups in total. The lowest BCUT2D eigenvalue weighted by Gasteiger charge is -2.17. The van der Waals surface area contributed by atoms with Crippen molar-refractivity contribution in [2.45, 2.75) is 13.0 Å². The van der Waals surface area contributed by atoms with Gasteiger partial charge >= 0.3 is 5.97 Å². The van der Waals surface area contributed by atoms with Crippen LogP contribution in [0.15, 0.2) is 10.5 Å². The van der Waals surface area contributed by atoms with Crippen LogP contribution in [-0.2, 0) is 9.53 Å². The van der Waals surface area contributed by atoms with Crippen molar-refractivity contribution in [3.8, 4) is 17.2 Å². The Bertz CT molecular complexity index is 474. The summed E-state index contributed by atoms with van der Waals surface area (Å²) in [5.74, 6) is -0.935. The highest BCUT2D eigenvalue weighted by molar-refractivity contribution is 9.10. The van der Waals surface area contributed by atoms with Gasteiger partial charge in [-0.1, -0.05) is 15.9 Å². The Morgan fingerprint density at radius 1 is 1.42 bits per heavy atom. The van der Waals surface area contributed by atoms with Gasteiger partial charge in [-0.2, -0.15) is 0 Å². The van der Waals surface area contributed by atoms with E-state index in [0.29, 0.717) is 4.47 Å². The number of hydrogen-bond donors (Lipinski definition) is 2. The lowest BCUT2D eigenvalue weighted by molar-refractivity contribution is -0.153. The summed E-state index contributed by atoms with van der Waals surface area (Å²) in [7, 11) is 2.75. The summed E-state index contributed by atoms with van der Waals surface area (Å²) < 4.78 is 15.0. The van der Waals surface area contributed by atoms with Crippen molar-refractivity contribution < 1.29 is 29.2 Å². The molecule has 1 rings (SSSR count). The van der Waals surface area contributed by atoms with Crippen molar-refractivity contribution >= 4 is 21.9 Å². The van der Waals surface area contributed by atoms with Gasteiger partial charge in [-0.15, -0.1) is 0 Å². The summed E-state index contributed by atoms with van der Waals surface area (Å²) in [6.07, 6.45) is -1.62. The summed E-state index contributed by atoms with van der Waals surface area (Å²) in [4.78, 5) is 11.5. The molecular weight excluding hydrogens is 320 g/mol. The fraction of sp³-hybridized carbons (Fsp3) is 0.417. The highest BCUT2D eigenvalue weighted by Crippen LogP contribution is 2.45. The first-order valence-electron chi connectivity index (χ1n) is 5.45. The second-order valence-corrected chi connectivity index (χ2v) is 4.37. The zero-order valence-corrected chi connectivity index (χ0v) is 12.4. The third-order valence-electron chi connectivity index (χ3n) is 2.42. The number of aliphatic hydroxyl groups excluding tert-OH is 1. The van der Waals surface area contributed by atoms with Crippen molar-refractivity contribution in [3.63, 3.8) is 0 Å². The van der Waals surface area contributed by atoms with E-state index < -0.39 is 12.1 Å². The number of esters is 1. The van der Waals surface area contributed by atoms with E-state index in [9.17, 15) is 15.0 Å². The fourth-order valence-electron chi connectivity index (χ4n) is 1.56. The molecule has 0 amide bonds. The van der Waals surface area contributed by atoms with Gasteiger partial charge in [-0.3, -0.25) is 0 Å². The van der Waals surface area contributed by atoms with Gasteiger partial charge in [0.2, 0.25) is 5.75 Å². The van der Waals surface area contributed by atoms with Crippen LogP contribution < -0.4 is 9.47 Å². The van der Waals surface area contributed by atoms with Crippen molar-refractivity contribution in [1.82, 2.24) is 0 Å². The number of carbonyl (C=O) groups is 1. The monoisotopic (exact) mass is 334 g/mol. The number of halogens is 1. The normalized spacial score (nSPS) is 11.8. The lowest BCUT2D eigenvalue weighted by atomic mass is 10.1. The molecule has 1 unspecified atom stereocenters. The predicted octanol–water partition coefficient (Wildman–Crippen LogP) is 1.77. The minimum absolute atomic E-state index is 0.0314.